The van der Waals surface area contributed by atoms with E-state index in [0.29, 0.717) is 6.08 Å². The summed E-state index contributed by atoms with van der Waals surface area (Å²) in [6, 6.07) is 2.94. The molecule has 1 aliphatic carbocycles. The van der Waals surface area contributed by atoms with Crippen LogP contribution in [0.4, 0.5) is 17.6 Å². The van der Waals surface area contributed by atoms with Crippen LogP contribution in [0.1, 0.15) is 12.6 Å². The van der Waals surface area contributed by atoms with Crippen molar-refractivity contribution in [2.75, 3.05) is 13.2 Å². The minimum absolute atomic E-state index is 0.115. The van der Waals surface area contributed by atoms with Crippen molar-refractivity contribution >= 4 is 17.6 Å². The van der Waals surface area contributed by atoms with Crippen LogP contribution >= 0.6 is 11.6 Å². The van der Waals surface area contributed by atoms with Crippen LogP contribution in [0.2, 0.25) is 0 Å². The van der Waals surface area contributed by atoms with Crippen LogP contribution < -0.4 is 20.7 Å². The Balaban J connectivity index is 2.05. The third-order valence-corrected chi connectivity index (χ3v) is 5.24. The Bertz CT molecular complexity index is 1300. The lowest BCUT2D eigenvalue weighted by molar-refractivity contribution is -0.145. The van der Waals surface area contributed by atoms with Crippen molar-refractivity contribution in [1.29, 1.82) is 0 Å². The number of halogens is 5. The molecule has 14 heteroatoms. The summed E-state index contributed by atoms with van der Waals surface area (Å²) in [5.41, 5.74) is -4.41. The molecule has 9 nitrogen and oxygen atoms in total. The van der Waals surface area contributed by atoms with Crippen molar-refractivity contribution in [3.8, 4) is 11.6 Å². The van der Waals surface area contributed by atoms with E-state index in [0.717, 1.165) is 19.2 Å². The lowest BCUT2D eigenvalue weighted by atomic mass is 10.0. The molecule has 0 radical (unpaired) electrons. The van der Waals surface area contributed by atoms with E-state index in [9.17, 15) is 31.9 Å². The standard InChI is InChI=1S/C21H18ClF4N3O6/c1-3-33-17(31)11-34-18-13(5-4-8-27-18)35-15-7-6-12(23)10-20(15,22)29-16(30)9-14(21(24,25)26)28(2)19(29)32/h4-10,15H,3,11H2,1-2H3. The van der Waals surface area contributed by atoms with Crippen molar-refractivity contribution in [3.05, 3.63) is 75.0 Å². The van der Waals surface area contributed by atoms with Gasteiger partial charge in [0.05, 0.1) is 6.61 Å². The van der Waals surface area contributed by atoms with Gasteiger partial charge in [-0.1, -0.05) is 11.6 Å². The molecule has 1 aliphatic rings. The fraction of sp³-hybridized carbons (Fsp3) is 0.333. The molecule has 0 bridgehead atoms. The van der Waals surface area contributed by atoms with Crippen molar-refractivity contribution < 1.29 is 36.6 Å². The second-order valence-corrected chi connectivity index (χ2v) is 7.70. The normalized spacial score (nSPS) is 19.7. The molecule has 0 amide bonds. The molecule has 2 unspecified atom stereocenters. The van der Waals surface area contributed by atoms with Gasteiger partial charge in [-0.3, -0.25) is 9.36 Å². The molecule has 3 rings (SSSR count). The summed E-state index contributed by atoms with van der Waals surface area (Å²) in [4.78, 5) is 38.5. The molecule has 0 saturated carbocycles. The Kier molecular flexibility index (Phi) is 7.38. The zero-order valence-electron chi connectivity index (χ0n) is 18.2. The summed E-state index contributed by atoms with van der Waals surface area (Å²) < 4.78 is 70.1. The maximum Gasteiger partial charge on any atom is 0.431 e. The number of carbonyl (C=O) groups is 1. The lowest BCUT2D eigenvalue weighted by Crippen LogP contribution is -2.55. The number of aromatic nitrogens is 3. The summed E-state index contributed by atoms with van der Waals surface area (Å²) in [6.45, 7) is 1.19. The fourth-order valence-corrected chi connectivity index (χ4v) is 3.58. The second-order valence-electron chi connectivity index (χ2n) is 7.10. The number of esters is 1. The van der Waals surface area contributed by atoms with Gasteiger partial charge in [0.2, 0.25) is 0 Å². The second kappa shape index (κ2) is 9.94. The Hall–Kier alpha value is -3.61. The average molecular weight is 520 g/mol. The SMILES string of the molecule is CCOC(=O)COc1ncccc1OC1C=CC(F)=CC1(Cl)n1c(=O)cc(C(F)(F)F)n(C)c1=O. The van der Waals surface area contributed by atoms with Crippen molar-refractivity contribution in [2.45, 2.75) is 24.2 Å². The van der Waals surface area contributed by atoms with Crippen molar-refractivity contribution in [2.24, 2.45) is 7.05 Å². The summed E-state index contributed by atoms with van der Waals surface area (Å²) in [7, 11) is 0.790. The quantitative estimate of drug-likeness (QED) is 0.315. The first-order chi connectivity index (χ1) is 16.4. The first kappa shape index (κ1) is 26.0. The van der Waals surface area contributed by atoms with Gasteiger partial charge in [-0.05, 0) is 37.3 Å². The van der Waals surface area contributed by atoms with E-state index in [2.05, 4.69) is 4.98 Å². The fourth-order valence-electron chi connectivity index (χ4n) is 3.21. The molecule has 2 atom stereocenters. The first-order valence-electron chi connectivity index (χ1n) is 9.94. The van der Waals surface area contributed by atoms with E-state index >= 15 is 0 Å². The molecule has 2 aromatic rings. The Labute approximate surface area is 199 Å². The zero-order valence-corrected chi connectivity index (χ0v) is 19.0. The number of hydrogen-bond acceptors (Lipinski definition) is 7. The first-order valence-corrected chi connectivity index (χ1v) is 10.3. The van der Waals surface area contributed by atoms with Crippen LogP contribution in [-0.4, -0.2) is 39.4 Å². The van der Waals surface area contributed by atoms with Gasteiger partial charge in [0, 0.05) is 19.3 Å². The molecule has 2 aromatic heterocycles. The summed E-state index contributed by atoms with van der Waals surface area (Å²) in [6.07, 6.45) is -2.54. The maximum absolute atomic E-state index is 14.2. The van der Waals surface area contributed by atoms with E-state index in [4.69, 9.17) is 25.8 Å². The monoisotopic (exact) mass is 519 g/mol. The molecule has 2 heterocycles. The molecule has 0 fully saturated rings. The highest BCUT2D eigenvalue weighted by Gasteiger charge is 2.45. The highest BCUT2D eigenvalue weighted by molar-refractivity contribution is 6.24. The van der Waals surface area contributed by atoms with E-state index < -0.39 is 52.6 Å². The van der Waals surface area contributed by atoms with Crippen LogP contribution in [0, 0.1) is 0 Å². The lowest BCUT2D eigenvalue weighted by Gasteiger charge is -2.34. The van der Waals surface area contributed by atoms with Crippen LogP contribution in [0.5, 0.6) is 11.6 Å². The summed E-state index contributed by atoms with van der Waals surface area (Å²) in [5, 5.41) is 0. The topological polar surface area (TPSA) is 102 Å². The number of hydrogen-bond donors (Lipinski definition) is 0. The molecule has 0 spiro atoms. The van der Waals surface area contributed by atoms with Crippen LogP contribution in [-0.2, 0) is 27.8 Å². The largest absolute Gasteiger partial charge is 0.476 e. The Morgan fingerprint density at radius 2 is 2.03 bits per heavy atom. The molecule has 0 aliphatic heterocycles. The van der Waals surface area contributed by atoms with E-state index in [1.54, 1.807) is 6.92 Å². The molecule has 0 N–H and O–H groups in total. The molecule has 0 aromatic carbocycles. The number of pyridine rings is 1. The predicted molar refractivity (Wildman–Crippen MR) is 114 cm³/mol. The number of carbonyl (C=O) groups excluding carboxylic acids is 1. The molecular formula is C21H18ClF4N3O6. The average Bonchev–Trinajstić information content (AvgIpc) is 2.77. The van der Waals surface area contributed by atoms with Gasteiger partial charge in [0.15, 0.2) is 23.5 Å². The third kappa shape index (κ3) is 5.39. The predicted octanol–water partition coefficient (Wildman–Crippen LogP) is 2.67. The zero-order chi connectivity index (χ0) is 26.0. The van der Waals surface area contributed by atoms with E-state index in [1.165, 1.54) is 18.3 Å². The highest BCUT2D eigenvalue weighted by Crippen LogP contribution is 2.37. The van der Waals surface area contributed by atoms with Gasteiger partial charge in [0.25, 0.3) is 11.4 Å². The van der Waals surface area contributed by atoms with E-state index in [1.807, 2.05) is 0 Å². The van der Waals surface area contributed by atoms with Crippen LogP contribution in [0.25, 0.3) is 0 Å². The number of nitrogens with zero attached hydrogens (tertiary/aromatic N) is 3. The van der Waals surface area contributed by atoms with Crippen LogP contribution in [0.15, 0.2) is 58.0 Å². The highest BCUT2D eigenvalue weighted by atomic mass is 35.5. The van der Waals surface area contributed by atoms with Gasteiger partial charge in [-0.2, -0.15) is 13.2 Å². The minimum Gasteiger partial charge on any atom is -0.476 e. The number of allylic oxidation sites excluding steroid dienone is 2. The summed E-state index contributed by atoms with van der Waals surface area (Å²) >= 11 is 6.52. The molecule has 0 saturated heterocycles. The van der Waals surface area contributed by atoms with Gasteiger partial charge in [0.1, 0.15) is 11.5 Å². The van der Waals surface area contributed by atoms with Crippen LogP contribution in [0.3, 0.4) is 0 Å². The number of rotatable bonds is 7. The smallest absolute Gasteiger partial charge is 0.431 e. The van der Waals surface area contributed by atoms with Gasteiger partial charge in [-0.15, -0.1) is 0 Å². The van der Waals surface area contributed by atoms with E-state index in [-0.39, 0.29) is 33.4 Å². The molecule has 188 valence electrons. The maximum atomic E-state index is 14.2. The van der Waals surface area contributed by atoms with Gasteiger partial charge in [-0.25, -0.2) is 23.5 Å². The number of ether oxygens (including phenoxy) is 3. The Morgan fingerprint density at radius 1 is 1.31 bits per heavy atom. The minimum atomic E-state index is -5.00. The molecular weight excluding hydrogens is 502 g/mol. The van der Waals surface area contributed by atoms with Crippen molar-refractivity contribution in [1.82, 2.24) is 14.1 Å². The van der Waals surface area contributed by atoms with Gasteiger partial charge >= 0.3 is 17.8 Å². The van der Waals surface area contributed by atoms with Crippen molar-refractivity contribution in [3.63, 3.8) is 0 Å². The number of alkyl halides is 4. The summed E-state index contributed by atoms with van der Waals surface area (Å²) in [5.74, 6) is -1.99. The Morgan fingerprint density at radius 3 is 2.69 bits per heavy atom. The van der Waals surface area contributed by atoms with Gasteiger partial charge < -0.3 is 14.2 Å². The third-order valence-electron chi connectivity index (χ3n) is 4.75. The molecule has 35 heavy (non-hydrogen) atoms.